The first-order valence-electron chi connectivity index (χ1n) is 1.35. The molecule has 0 aliphatic rings. The maximum absolute atomic E-state index is 3.56. The van der Waals surface area contributed by atoms with Crippen LogP contribution < -0.4 is 0 Å². The Morgan fingerprint density at radius 3 is 2.00 bits per heavy atom. The van der Waals surface area contributed by atoms with Gasteiger partial charge in [-0.05, 0) is 0 Å². The van der Waals surface area contributed by atoms with E-state index in [0.29, 0.717) is 0 Å². The molecule has 4 heavy (non-hydrogen) atoms. The Morgan fingerprint density at radius 2 is 2.00 bits per heavy atom. The van der Waals surface area contributed by atoms with E-state index in [4.69, 9.17) is 0 Å². The zero-order valence-electron chi connectivity index (χ0n) is 3.21. The molecule has 0 bridgehead atoms. The normalized spacial score (nSPS) is 6.25. The highest BCUT2D eigenvalue weighted by molar-refractivity contribution is 6.20. The van der Waals surface area contributed by atoms with E-state index >= 15 is 0 Å². The van der Waals surface area contributed by atoms with Crippen molar-refractivity contribution in [3.63, 3.8) is 0 Å². The Kier molecular flexibility index (Phi) is 1.10. The number of hydrogen-bond donors (Lipinski definition) is 0. The van der Waals surface area contributed by atoms with E-state index in [9.17, 15) is 0 Å². The lowest BCUT2D eigenvalue weighted by molar-refractivity contribution is 1.72. The van der Waals surface area contributed by atoms with Gasteiger partial charge in [0.05, 0.1) is 0 Å². The average Bonchev–Trinajstić information content (AvgIpc) is 0.811. The molecule has 0 aromatic heterocycles. The summed E-state index contributed by atoms with van der Waals surface area (Å²) in [7, 11) is 1.97. The molecule has 0 heterocycles. The van der Waals surface area contributed by atoms with Crippen LogP contribution in [0.3, 0.4) is 0 Å². The van der Waals surface area contributed by atoms with Crippen LogP contribution in [-0.2, 0) is 0 Å². The van der Waals surface area contributed by atoms with Crippen molar-refractivity contribution in [1.82, 2.24) is 0 Å². The summed E-state index contributed by atoms with van der Waals surface area (Å²) in [6.07, 6.45) is 0. The van der Waals surface area contributed by atoms with Gasteiger partial charge in [0, 0.05) is 0 Å². The van der Waals surface area contributed by atoms with E-state index in [1.54, 1.807) is 0 Å². The van der Waals surface area contributed by atoms with Crippen molar-refractivity contribution < 1.29 is 0 Å². The highest BCUT2D eigenvalue weighted by atomic mass is 13.4. The molecule has 1 heteroatoms. The van der Waals surface area contributed by atoms with Crippen LogP contribution >= 0.6 is 0 Å². The molecule has 0 spiro atoms. The third-order valence-corrected chi connectivity index (χ3v) is 0. The fraction of sp³-hybridized carbons (Fsp3) is 0.333. The van der Waals surface area contributed by atoms with Crippen molar-refractivity contribution in [2.75, 3.05) is 0 Å². The maximum atomic E-state index is 3.56. The molecule has 0 aromatic rings. The molecule has 0 atom stereocenters. The van der Waals surface area contributed by atoms with Gasteiger partial charge in [0.25, 0.3) is 0 Å². The fourth-order valence-corrected chi connectivity index (χ4v) is 0. The van der Waals surface area contributed by atoms with Gasteiger partial charge < -0.3 is 0 Å². The van der Waals surface area contributed by atoms with Crippen LogP contribution in [0.15, 0.2) is 12.1 Å². The zero-order chi connectivity index (χ0) is 3.58. The molecule has 0 nitrogen and oxygen atoms in total. The van der Waals surface area contributed by atoms with Crippen molar-refractivity contribution in [2.24, 2.45) is 0 Å². The van der Waals surface area contributed by atoms with Crippen molar-refractivity contribution in [2.45, 2.75) is 6.92 Å². The van der Waals surface area contributed by atoms with Crippen LogP contribution in [0.4, 0.5) is 0 Å². The molecule has 0 aliphatic carbocycles. The minimum atomic E-state index is 1.17. The zero-order valence-corrected chi connectivity index (χ0v) is 3.21. The molecule has 0 aliphatic heterocycles. The molecule has 0 aromatic carbocycles. The third kappa shape index (κ3) is 30.7. The topological polar surface area (TPSA) is 0 Å². The van der Waals surface area contributed by atoms with Crippen molar-refractivity contribution >= 4 is 7.85 Å². The van der Waals surface area contributed by atoms with Gasteiger partial charge in [-0.25, -0.2) is 0 Å². The Morgan fingerprint density at radius 1 is 2.00 bits per heavy atom. The molecular weight excluding hydrogens is 46.8 g/mol. The molecule has 0 unspecified atom stereocenters. The first-order valence-corrected chi connectivity index (χ1v) is 1.35. The first-order chi connectivity index (χ1) is 1.73. The minimum Gasteiger partial charge on any atom is -0.120 e. The van der Waals surface area contributed by atoms with Gasteiger partial charge in [0.2, 0.25) is 0 Å². The Labute approximate surface area is 27.9 Å². The summed E-state index contributed by atoms with van der Waals surface area (Å²) in [6, 6.07) is 0. The van der Waals surface area contributed by atoms with Crippen molar-refractivity contribution in [3.8, 4) is 0 Å². The molecule has 0 fully saturated rings. The van der Waals surface area contributed by atoms with Crippen LogP contribution in [0.1, 0.15) is 6.92 Å². The predicted molar refractivity (Wildman–Crippen MR) is 23.4 cm³/mol. The maximum Gasteiger partial charge on any atom is 0.132 e. The standard InChI is InChI=1S/C3H7B/c1-3(2)4/h1,4H2,2H3. The third-order valence-electron chi connectivity index (χ3n) is 0. The van der Waals surface area contributed by atoms with Crippen molar-refractivity contribution in [3.05, 3.63) is 12.1 Å². The summed E-state index contributed by atoms with van der Waals surface area (Å²) in [5.74, 6) is 0. The molecule has 22 valence electrons. The number of rotatable bonds is 0. The molecular formula is C3H7B. The van der Waals surface area contributed by atoms with Crippen LogP contribution in [0.2, 0.25) is 0 Å². The Hall–Kier alpha value is -0.195. The lowest BCUT2D eigenvalue weighted by Gasteiger charge is -1.64. The van der Waals surface area contributed by atoms with Crippen LogP contribution in [0.5, 0.6) is 0 Å². The summed E-state index contributed by atoms with van der Waals surface area (Å²) in [5.41, 5.74) is 1.17. The summed E-state index contributed by atoms with van der Waals surface area (Å²) in [6.45, 7) is 5.53. The number of allylic oxidation sites excluding steroid dienone is 1. The van der Waals surface area contributed by atoms with Crippen LogP contribution in [0.25, 0.3) is 0 Å². The second-order valence-corrected chi connectivity index (χ2v) is 1.21. The van der Waals surface area contributed by atoms with Gasteiger partial charge in [-0.3, -0.25) is 0 Å². The van der Waals surface area contributed by atoms with Gasteiger partial charge in [0.1, 0.15) is 7.85 Å². The van der Waals surface area contributed by atoms with Crippen LogP contribution in [0, 0.1) is 0 Å². The average molecular weight is 53.9 g/mol. The van der Waals surface area contributed by atoms with E-state index in [0.717, 1.165) is 0 Å². The smallest absolute Gasteiger partial charge is 0.120 e. The van der Waals surface area contributed by atoms with E-state index in [2.05, 4.69) is 6.58 Å². The van der Waals surface area contributed by atoms with Gasteiger partial charge in [-0.15, -0.1) is 12.1 Å². The quantitative estimate of drug-likeness (QED) is 0.345. The highest BCUT2D eigenvalue weighted by Crippen LogP contribution is 1.65. The van der Waals surface area contributed by atoms with Gasteiger partial charge in [0.15, 0.2) is 0 Å². The second kappa shape index (κ2) is 1.16. The lowest BCUT2D eigenvalue weighted by atomic mass is 10.0. The lowest BCUT2D eigenvalue weighted by Crippen LogP contribution is -1.56. The van der Waals surface area contributed by atoms with E-state index < -0.39 is 0 Å². The second-order valence-electron chi connectivity index (χ2n) is 1.21. The highest BCUT2D eigenvalue weighted by Gasteiger charge is 1.53. The van der Waals surface area contributed by atoms with Crippen molar-refractivity contribution in [1.29, 1.82) is 0 Å². The van der Waals surface area contributed by atoms with Gasteiger partial charge in [-0.2, -0.15) is 0 Å². The SMILES string of the molecule is BC(=C)C. The minimum absolute atomic E-state index is 1.17. The molecule has 0 amide bonds. The monoisotopic (exact) mass is 54.1 g/mol. The number of hydrogen-bond acceptors (Lipinski definition) is 0. The summed E-state index contributed by atoms with van der Waals surface area (Å²) >= 11 is 0. The predicted octanol–water partition coefficient (Wildman–Crippen LogP) is 0.153. The van der Waals surface area contributed by atoms with Gasteiger partial charge >= 0.3 is 0 Å². The Bertz CT molecular complexity index is 26.3. The van der Waals surface area contributed by atoms with E-state index in [1.165, 1.54) is 5.47 Å². The molecule has 0 radical (unpaired) electrons. The molecule has 0 saturated heterocycles. The fourth-order valence-electron chi connectivity index (χ4n) is 0. The summed E-state index contributed by atoms with van der Waals surface area (Å²) < 4.78 is 0. The van der Waals surface area contributed by atoms with E-state index in [1.807, 2.05) is 14.8 Å². The van der Waals surface area contributed by atoms with Gasteiger partial charge in [-0.1, -0.05) is 6.92 Å². The molecule has 0 rings (SSSR count). The molecule has 0 N–H and O–H groups in total. The largest absolute Gasteiger partial charge is 0.132 e. The summed E-state index contributed by atoms with van der Waals surface area (Å²) in [5, 5.41) is 0. The summed E-state index contributed by atoms with van der Waals surface area (Å²) in [4.78, 5) is 0. The Balaban J connectivity index is 2.80. The van der Waals surface area contributed by atoms with Crippen LogP contribution in [-0.4, -0.2) is 7.85 Å². The van der Waals surface area contributed by atoms with E-state index in [-0.39, 0.29) is 0 Å². The molecule has 0 saturated carbocycles. The first kappa shape index (κ1) is 3.80.